The van der Waals surface area contributed by atoms with Gasteiger partial charge in [-0.05, 0) is 78.8 Å². The molecule has 2 N–H and O–H groups in total. The van der Waals surface area contributed by atoms with Gasteiger partial charge in [0.2, 0.25) is 0 Å². The fourth-order valence-corrected chi connectivity index (χ4v) is 3.76. The molecule has 0 aliphatic rings. The number of benzene rings is 2. The summed E-state index contributed by atoms with van der Waals surface area (Å²) in [5.41, 5.74) is 5.72. The van der Waals surface area contributed by atoms with Crippen molar-refractivity contribution in [3.05, 3.63) is 75.9 Å². The summed E-state index contributed by atoms with van der Waals surface area (Å²) in [7, 11) is 0. The average Bonchev–Trinajstić information content (AvgIpc) is 2.67. The van der Waals surface area contributed by atoms with Crippen LogP contribution in [0.2, 0.25) is 0 Å². The second kappa shape index (κ2) is 8.69. The lowest BCUT2D eigenvalue weighted by atomic mass is 9.73. The van der Waals surface area contributed by atoms with Gasteiger partial charge < -0.3 is 10.2 Å². The van der Waals surface area contributed by atoms with Gasteiger partial charge in [0.05, 0.1) is 0 Å². The first-order valence-electron chi connectivity index (χ1n) is 10.0. The standard InChI is InChI=1S/C26H32O3/c1-8-10-21-18(5)24(28)12-11-22(21)26(6,7)20-14-17(4)25(29)19(15-20)13-16(3)23(27)9-2/h8,11-15,28-29H,1,9-10H2,2-7H3. The molecule has 154 valence electrons. The number of hydrogen-bond donors (Lipinski definition) is 2. The molecule has 0 aliphatic heterocycles. The molecular weight excluding hydrogens is 360 g/mol. The van der Waals surface area contributed by atoms with E-state index in [0.29, 0.717) is 24.0 Å². The zero-order valence-corrected chi connectivity index (χ0v) is 18.4. The fourth-order valence-electron chi connectivity index (χ4n) is 3.76. The van der Waals surface area contributed by atoms with Gasteiger partial charge in [-0.1, -0.05) is 39.0 Å². The van der Waals surface area contributed by atoms with E-state index in [4.69, 9.17) is 0 Å². The number of phenolic OH excluding ortho intramolecular Hbond substituents is 2. The molecule has 29 heavy (non-hydrogen) atoms. The van der Waals surface area contributed by atoms with Crippen LogP contribution in [-0.2, 0) is 16.6 Å². The van der Waals surface area contributed by atoms with E-state index in [1.54, 1.807) is 19.1 Å². The van der Waals surface area contributed by atoms with E-state index in [2.05, 4.69) is 20.4 Å². The molecule has 2 aromatic rings. The second-order valence-corrected chi connectivity index (χ2v) is 8.19. The van der Waals surface area contributed by atoms with Crippen molar-refractivity contribution in [1.82, 2.24) is 0 Å². The minimum absolute atomic E-state index is 0.0640. The van der Waals surface area contributed by atoms with Gasteiger partial charge in [-0.15, -0.1) is 6.58 Å². The molecule has 0 heterocycles. The van der Waals surface area contributed by atoms with Crippen LogP contribution in [0.3, 0.4) is 0 Å². The van der Waals surface area contributed by atoms with E-state index >= 15 is 0 Å². The van der Waals surface area contributed by atoms with Gasteiger partial charge in [-0.2, -0.15) is 0 Å². The first-order valence-corrected chi connectivity index (χ1v) is 10.0. The van der Waals surface area contributed by atoms with E-state index in [0.717, 1.165) is 27.8 Å². The SMILES string of the molecule is C=CCc1c(C(C)(C)c2cc(C)c(O)c(C=C(C)C(=O)CC)c2)ccc(O)c1C. The highest BCUT2D eigenvalue weighted by Gasteiger charge is 2.28. The van der Waals surface area contributed by atoms with Crippen molar-refractivity contribution in [3.63, 3.8) is 0 Å². The molecular formula is C26H32O3. The summed E-state index contributed by atoms with van der Waals surface area (Å²) in [6.45, 7) is 15.5. The molecule has 0 spiro atoms. The Kier molecular flexibility index (Phi) is 6.73. The van der Waals surface area contributed by atoms with Gasteiger partial charge in [0.15, 0.2) is 5.78 Å². The van der Waals surface area contributed by atoms with Gasteiger partial charge >= 0.3 is 0 Å². The molecule has 3 nitrogen and oxygen atoms in total. The third-order valence-corrected chi connectivity index (χ3v) is 5.78. The maximum Gasteiger partial charge on any atom is 0.158 e. The molecule has 0 unspecified atom stereocenters. The predicted molar refractivity (Wildman–Crippen MR) is 121 cm³/mol. The molecule has 0 fully saturated rings. The predicted octanol–water partition coefficient (Wildman–Crippen LogP) is 6.15. The molecule has 0 amide bonds. The van der Waals surface area contributed by atoms with Crippen LogP contribution in [0.25, 0.3) is 6.08 Å². The summed E-state index contributed by atoms with van der Waals surface area (Å²) in [6.07, 6.45) is 4.70. The van der Waals surface area contributed by atoms with Crippen LogP contribution in [0.1, 0.15) is 67.5 Å². The largest absolute Gasteiger partial charge is 0.508 e. The summed E-state index contributed by atoms with van der Waals surface area (Å²) in [4.78, 5) is 12.0. The quantitative estimate of drug-likeness (QED) is 0.439. The van der Waals surface area contributed by atoms with Gasteiger partial charge in [0, 0.05) is 17.4 Å². The molecule has 0 aromatic heterocycles. The van der Waals surface area contributed by atoms with Crippen LogP contribution in [0.5, 0.6) is 11.5 Å². The molecule has 3 heteroatoms. The maximum absolute atomic E-state index is 12.0. The van der Waals surface area contributed by atoms with Crippen molar-refractivity contribution in [2.45, 2.75) is 59.8 Å². The van der Waals surface area contributed by atoms with Crippen LogP contribution in [0.4, 0.5) is 0 Å². The van der Waals surface area contributed by atoms with Crippen molar-refractivity contribution in [2.75, 3.05) is 0 Å². The summed E-state index contributed by atoms with van der Waals surface area (Å²) in [5.74, 6) is 0.538. The number of hydrogen-bond acceptors (Lipinski definition) is 3. The number of rotatable bonds is 7. The second-order valence-electron chi connectivity index (χ2n) is 8.19. The van der Waals surface area contributed by atoms with Crippen molar-refractivity contribution in [2.24, 2.45) is 0 Å². The summed E-state index contributed by atoms with van der Waals surface area (Å²) in [6, 6.07) is 7.64. The highest BCUT2D eigenvalue weighted by Crippen LogP contribution is 2.40. The smallest absolute Gasteiger partial charge is 0.158 e. The molecule has 0 saturated heterocycles. The number of ketones is 1. The minimum Gasteiger partial charge on any atom is -0.508 e. The Hall–Kier alpha value is -2.81. The van der Waals surface area contributed by atoms with E-state index < -0.39 is 0 Å². The van der Waals surface area contributed by atoms with Crippen molar-refractivity contribution in [1.29, 1.82) is 0 Å². The van der Waals surface area contributed by atoms with E-state index in [9.17, 15) is 15.0 Å². The number of aryl methyl sites for hydroxylation is 1. The molecule has 2 rings (SSSR count). The van der Waals surface area contributed by atoms with Gasteiger partial charge in [-0.3, -0.25) is 4.79 Å². The number of aromatic hydroxyl groups is 2. The van der Waals surface area contributed by atoms with Gasteiger partial charge in [0.25, 0.3) is 0 Å². The summed E-state index contributed by atoms with van der Waals surface area (Å²) >= 11 is 0. The molecule has 0 radical (unpaired) electrons. The topological polar surface area (TPSA) is 57.5 Å². The van der Waals surface area contributed by atoms with Crippen LogP contribution >= 0.6 is 0 Å². The molecule has 0 atom stereocenters. The Labute approximate surface area is 174 Å². The normalized spacial score (nSPS) is 12.1. The monoisotopic (exact) mass is 392 g/mol. The fraction of sp³-hybridized carbons (Fsp3) is 0.346. The lowest BCUT2D eigenvalue weighted by Gasteiger charge is -2.30. The Morgan fingerprint density at radius 3 is 2.41 bits per heavy atom. The third kappa shape index (κ3) is 4.45. The lowest BCUT2D eigenvalue weighted by molar-refractivity contribution is -0.115. The number of phenols is 2. The maximum atomic E-state index is 12.0. The van der Waals surface area contributed by atoms with Gasteiger partial charge in [-0.25, -0.2) is 0 Å². The summed E-state index contributed by atoms with van der Waals surface area (Å²) in [5, 5.41) is 20.8. The van der Waals surface area contributed by atoms with E-state index in [-0.39, 0.29) is 22.7 Å². The zero-order chi connectivity index (χ0) is 21.9. The average molecular weight is 393 g/mol. The Balaban J connectivity index is 2.70. The van der Waals surface area contributed by atoms with Crippen LogP contribution < -0.4 is 0 Å². The number of carbonyl (C=O) groups excluding carboxylic acids is 1. The van der Waals surface area contributed by atoms with Crippen molar-refractivity contribution < 1.29 is 15.0 Å². The zero-order valence-electron chi connectivity index (χ0n) is 18.4. The van der Waals surface area contributed by atoms with Crippen molar-refractivity contribution >= 4 is 11.9 Å². The first-order chi connectivity index (χ1) is 13.5. The highest BCUT2D eigenvalue weighted by molar-refractivity contribution is 5.99. The van der Waals surface area contributed by atoms with Crippen LogP contribution in [0, 0.1) is 13.8 Å². The lowest BCUT2D eigenvalue weighted by Crippen LogP contribution is -2.22. The highest BCUT2D eigenvalue weighted by atomic mass is 16.3. The molecule has 2 aromatic carbocycles. The number of carbonyl (C=O) groups is 1. The van der Waals surface area contributed by atoms with Crippen LogP contribution in [-0.4, -0.2) is 16.0 Å². The van der Waals surface area contributed by atoms with Crippen molar-refractivity contribution in [3.8, 4) is 11.5 Å². The summed E-state index contributed by atoms with van der Waals surface area (Å²) < 4.78 is 0. The Bertz CT molecular complexity index is 978. The van der Waals surface area contributed by atoms with E-state index in [1.807, 2.05) is 45.0 Å². The number of allylic oxidation sites excluding steroid dienone is 2. The minimum atomic E-state index is -0.374. The molecule has 0 aliphatic carbocycles. The molecule has 0 saturated carbocycles. The van der Waals surface area contributed by atoms with Crippen LogP contribution in [0.15, 0.2) is 42.5 Å². The van der Waals surface area contributed by atoms with Gasteiger partial charge in [0.1, 0.15) is 11.5 Å². The molecule has 0 bridgehead atoms. The third-order valence-electron chi connectivity index (χ3n) is 5.78. The first kappa shape index (κ1) is 22.5. The Morgan fingerprint density at radius 1 is 1.17 bits per heavy atom. The van der Waals surface area contributed by atoms with E-state index in [1.165, 1.54) is 0 Å². The Morgan fingerprint density at radius 2 is 1.83 bits per heavy atom. The number of Topliss-reactive ketones (excluding diaryl/α,β-unsaturated/α-hetero) is 1.